The number of hydrogen-bond acceptors (Lipinski definition) is 2. The van der Waals surface area contributed by atoms with Gasteiger partial charge in [-0.15, -0.1) is 6.58 Å². The van der Waals surface area contributed by atoms with E-state index in [0.29, 0.717) is 0 Å². The molecule has 3 rings (SSSR count). The summed E-state index contributed by atoms with van der Waals surface area (Å²) in [5.74, 6) is 1.70. The minimum Gasteiger partial charge on any atom is -0.159 e. The van der Waals surface area contributed by atoms with Crippen LogP contribution in [-0.4, -0.2) is 12.4 Å². The average molecular weight is 415 g/mol. The Bertz CT molecular complexity index is 822. The predicted octanol–water partition coefficient (Wildman–Crippen LogP) is 8.11. The predicted molar refractivity (Wildman–Crippen MR) is 135 cm³/mol. The summed E-state index contributed by atoms with van der Waals surface area (Å²) in [5, 5.41) is 8.44. The van der Waals surface area contributed by atoms with E-state index in [9.17, 15) is 0 Å². The molecule has 0 radical (unpaired) electrons. The van der Waals surface area contributed by atoms with Gasteiger partial charge in [0.15, 0.2) is 0 Å². The Balaban J connectivity index is 1.44. The summed E-state index contributed by atoms with van der Waals surface area (Å²) in [4.78, 5) is 0. The molecule has 0 bridgehead atoms. The number of nitrogens with zero attached hydrogens (tertiary/aromatic N) is 2. The van der Waals surface area contributed by atoms with E-state index in [1.54, 1.807) is 6.21 Å². The SMILES string of the molecule is C=CCCc1ccc(/C=N/N=C/c2ccc(C3CCC(CCCCC)CC3)cc2)cc1. The summed E-state index contributed by atoms with van der Waals surface area (Å²) in [5.41, 5.74) is 4.99. The fourth-order valence-corrected chi connectivity index (χ4v) is 4.56. The van der Waals surface area contributed by atoms with Crippen LogP contribution in [-0.2, 0) is 6.42 Å². The van der Waals surface area contributed by atoms with Crippen LogP contribution in [0.25, 0.3) is 0 Å². The third-order valence-corrected chi connectivity index (χ3v) is 6.57. The van der Waals surface area contributed by atoms with Crippen LogP contribution in [0.3, 0.4) is 0 Å². The Labute approximate surface area is 189 Å². The first-order chi connectivity index (χ1) is 15.3. The van der Waals surface area contributed by atoms with Crippen LogP contribution in [0.5, 0.6) is 0 Å². The molecule has 0 heterocycles. The molecule has 0 amide bonds. The average Bonchev–Trinajstić information content (AvgIpc) is 2.82. The molecule has 1 fully saturated rings. The minimum absolute atomic E-state index is 0.737. The molecule has 0 N–H and O–H groups in total. The molecule has 2 aromatic carbocycles. The highest BCUT2D eigenvalue weighted by atomic mass is 15.2. The van der Waals surface area contributed by atoms with Crippen molar-refractivity contribution in [2.45, 2.75) is 77.0 Å². The molecule has 0 atom stereocenters. The van der Waals surface area contributed by atoms with Gasteiger partial charge < -0.3 is 0 Å². The van der Waals surface area contributed by atoms with E-state index in [1.807, 2.05) is 12.3 Å². The van der Waals surface area contributed by atoms with Crippen molar-refractivity contribution in [3.63, 3.8) is 0 Å². The van der Waals surface area contributed by atoms with Gasteiger partial charge in [0.2, 0.25) is 0 Å². The van der Waals surface area contributed by atoms with Crippen molar-refractivity contribution in [1.29, 1.82) is 0 Å². The highest BCUT2D eigenvalue weighted by Gasteiger charge is 2.21. The Morgan fingerprint density at radius 3 is 2.03 bits per heavy atom. The summed E-state index contributed by atoms with van der Waals surface area (Å²) < 4.78 is 0. The molecule has 164 valence electrons. The molecule has 0 spiro atoms. The molecule has 0 unspecified atom stereocenters. The van der Waals surface area contributed by atoms with E-state index in [-0.39, 0.29) is 0 Å². The summed E-state index contributed by atoms with van der Waals surface area (Å²) in [7, 11) is 0. The highest BCUT2D eigenvalue weighted by Crippen LogP contribution is 2.37. The zero-order chi connectivity index (χ0) is 21.7. The first-order valence-corrected chi connectivity index (χ1v) is 12.1. The molecule has 0 saturated heterocycles. The van der Waals surface area contributed by atoms with E-state index in [0.717, 1.165) is 35.8 Å². The lowest BCUT2D eigenvalue weighted by molar-refractivity contribution is 0.303. The second kappa shape index (κ2) is 13.0. The van der Waals surface area contributed by atoms with Crippen LogP contribution in [0.1, 0.15) is 92.9 Å². The van der Waals surface area contributed by atoms with Gasteiger partial charge in [-0.25, -0.2) is 0 Å². The highest BCUT2D eigenvalue weighted by molar-refractivity contribution is 5.82. The van der Waals surface area contributed by atoms with Crippen LogP contribution in [0.15, 0.2) is 71.4 Å². The molecule has 2 aromatic rings. The summed E-state index contributed by atoms with van der Waals surface area (Å²) in [6.07, 6.45) is 18.7. The number of benzene rings is 2. The molecule has 2 heteroatoms. The number of unbranched alkanes of at least 4 members (excludes halogenated alkanes) is 2. The van der Waals surface area contributed by atoms with Crippen molar-refractivity contribution in [3.8, 4) is 0 Å². The maximum Gasteiger partial charge on any atom is 0.0568 e. The summed E-state index contributed by atoms with van der Waals surface area (Å²) in [6, 6.07) is 17.4. The number of rotatable bonds is 11. The first kappa shape index (κ1) is 23.2. The van der Waals surface area contributed by atoms with Crippen molar-refractivity contribution < 1.29 is 0 Å². The molecular formula is C29H38N2. The van der Waals surface area contributed by atoms with Crippen LogP contribution < -0.4 is 0 Å². The van der Waals surface area contributed by atoms with Gasteiger partial charge in [-0.1, -0.05) is 87.2 Å². The van der Waals surface area contributed by atoms with Crippen molar-refractivity contribution in [2.75, 3.05) is 0 Å². The second-order valence-corrected chi connectivity index (χ2v) is 8.94. The maximum atomic E-state index is 4.23. The Morgan fingerprint density at radius 2 is 1.45 bits per heavy atom. The fourth-order valence-electron chi connectivity index (χ4n) is 4.56. The smallest absolute Gasteiger partial charge is 0.0568 e. The standard InChI is InChI=1S/C29H38N2/c1-3-5-7-9-25-14-18-28(19-15-25)29-20-16-27(17-21-29)23-31-30-22-26-12-10-24(11-13-26)8-6-4-2/h4,10-13,16-17,20-23,25,28H,2-3,5-9,14-15,18-19H2,1H3/b30-22+,31-23+. The van der Waals surface area contributed by atoms with Gasteiger partial charge >= 0.3 is 0 Å². The van der Waals surface area contributed by atoms with Gasteiger partial charge in [0.25, 0.3) is 0 Å². The quantitative estimate of drug-likeness (QED) is 0.153. The van der Waals surface area contributed by atoms with E-state index in [1.165, 1.54) is 62.5 Å². The summed E-state index contributed by atoms with van der Waals surface area (Å²) in [6.45, 7) is 6.07. The lowest BCUT2D eigenvalue weighted by atomic mass is 9.77. The number of hydrogen-bond donors (Lipinski definition) is 0. The Kier molecular flexibility index (Phi) is 9.76. The van der Waals surface area contributed by atoms with Crippen molar-refractivity contribution in [2.24, 2.45) is 16.1 Å². The molecule has 1 aliphatic carbocycles. The van der Waals surface area contributed by atoms with E-state index in [2.05, 4.69) is 72.2 Å². The fraction of sp³-hybridized carbons (Fsp3) is 0.448. The Hall–Kier alpha value is -2.48. The largest absolute Gasteiger partial charge is 0.159 e. The molecule has 0 aliphatic heterocycles. The van der Waals surface area contributed by atoms with Gasteiger partial charge in [-0.05, 0) is 72.6 Å². The van der Waals surface area contributed by atoms with E-state index >= 15 is 0 Å². The second-order valence-electron chi connectivity index (χ2n) is 8.94. The summed E-state index contributed by atoms with van der Waals surface area (Å²) >= 11 is 0. The van der Waals surface area contributed by atoms with E-state index < -0.39 is 0 Å². The minimum atomic E-state index is 0.737. The maximum absolute atomic E-state index is 4.23. The van der Waals surface area contributed by atoms with Crippen LogP contribution in [0.4, 0.5) is 0 Å². The van der Waals surface area contributed by atoms with E-state index in [4.69, 9.17) is 0 Å². The lowest BCUT2D eigenvalue weighted by Gasteiger charge is -2.29. The normalized spacial score (nSPS) is 19.3. The van der Waals surface area contributed by atoms with Crippen molar-refractivity contribution in [3.05, 3.63) is 83.4 Å². The number of aryl methyl sites for hydroxylation is 1. The van der Waals surface area contributed by atoms with Crippen LogP contribution in [0.2, 0.25) is 0 Å². The van der Waals surface area contributed by atoms with Gasteiger partial charge in [-0.2, -0.15) is 10.2 Å². The van der Waals surface area contributed by atoms with Gasteiger partial charge in [0, 0.05) is 0 Å². The molecule has 0 aromatic heterocycles. The zero-order valence-corrected chi connectivity index (χ0v) is 19.2. The lowest BCUT2D eigenvalue weighted by Crippen LogP contribution is -2.13. The number of allylic oxidation sites excluding steroid dienone is 1. The molecule has 1 saturated carbocycles. The van der Waals surface area contributed by atoms with Crippen molar-refractivity contribution in [1.82, 2.24) is 0 Å². The monoisotopic (exact) mass is 414 g/mol. The van der Waals surface area contributed by atoms with Crippen molar-refractivity contribution >= 4 is 12.4 Å². The van der Waals surface area contributed by atoms with Gasteiger partial charge in [0.05, 0.1) is 12.4 Å². The molecule has 2 nitrogen and oxygen atoms in total. The van der Waals surface area contributed by atoms with Crippen LogP contribution in [0, 0.1) is 5.92 Å². The zero-order valence-electron chi connectivity index (χ0n) is 19.2. The van der Waals surface area contributed by atoms with Gasteiger partial charge in [-0.3, -0.25) is 0 Å². The third-order valence-electron chi connectivity index (χ3n) is 6.57. The molecule has 1 aliphatic rings. The van der Waals surface area contributed by atoms with Crippen LogP contribution >= 0.6 is 0 Å². The molecule has 31 heavy (non-hydrogen) atoms. The topological polar surface area (TPSA) is 24.7 Å². The first-order valence-electron chi connectivity index (χ1n) is 12.1. The van der Waals surface area contributed by atoms with Gasteiger partial charge in [0.1, 0.15) is 0 Å². The molecular weight excluding hydrogens is 376 g/mol. The third kappa shape index (κ3) is 7.94. The Morgan fingerprint density at radius 1 is 0.839 bits per heavy atom.